The molecular weight excluding hydrogens is 174 g/mol. The van der Waals surface area contributed by atoms with Gasteiger partial charge in [0.15, 0.2) is 0 Å². The van der Waals surface area contributed by atoms with Crippen LogP contribution in [-0.2, 0) is 0 Å². The number of nitrogens with zero attached hydrogens (tertiary/aromatic N) is 2. The van der Waals surface area contributed by atoms with Crippen LogP contribution in [0.4, 0.5) is 5.82 Å². The summed E-state index contributed by atoms with van der Waals surface area (Å²) >= 11 is 0. The van der Waals surface area contributed by atoms with E-state index >= 15 is 0 Å². The summed E-state index contributed by atoms with van der Waals surface area (Å²) in [5.41, 5.74) is 0. The molecule has 0 bridgehead atoms. The Bertz CT molecular complexity index is 273. The van der Waals surface area contributed by atoms with Crippen molar-refractivity contribution in [3.05, 3.63) is 18.6 Å². The Morgan fingerprint density at radius 1 is 1.36 bits per heavy atom. The highest BCUT2D eigenvalue weighted by molar-refractivity contribution is 5.31. The zero-order valence-corrected chi connectivity index (χ0v) is 8.61. The number of nitrogens with one attached hydrogen (secondary N) is 1. The number of anilines is 1. The Hall–Kier alpha value is -1.12. The summed E-state index contributed by atoms with van der Waals surface area (Å²) in [7, 11) is 0. The Balaban J connectivity index is 1.91. The second-order valence-corrected chi connectivity index (χ2v) is 4.20. The average Bonchev–Trinajstić information content (AvgIpc) is 2.19. The van der Waals surface area contributed by atoms with Crippen molar-refractivity contribution >= 4 is 5.82 Å². The standard InChI is InChI=1S/C11H17N3/c1-9-3-2-4-10(7-9)14-11-8-12-5-6-13-11/h5-6,8-10H,2-4,7H2,1H3,(H,13,14). The van der Waals surface area contributed by atoms with E-state index in [1.54, 1.807) is 18.6 Å². The minimum absolute atomic E-state index is 0.593. The molecule has 0 saturated heterocycles. The highest BCUT2D eigenvalue weighted by Crippen LogP contribution is 2.25. The molecule has 0 amide bonds. The SMILES string of the molecule is CC1CCCC(Nc2cnccn2)C1. The lowest BCUT2D eigenvalue weighted by molar-refractivity contribution is 0.358. The smallest absolute Gasteiger partial charge is 0.144 e. The first-order valence-electron chi connectivity index (χ1n) is 5.37. The molecule has 0 radical (unpaired) electrons. The van der Waals surface area contributed by atoms with Crippen LogP contribution in [0.2, 0.25) is 0 Å². The second kappa shape index (κ2) is 4.40. The Morgan fingerprint density at radius 2 is 2.29 bits per heavy atom. The number of rotatable bonds is 2. The number of hydrogen-bond acceptors (Lipinski definition) is 3. The fourth-order valence-corrected chi connectivity index (χ4v) is 2.15. The summed E-state index contributed by atoms with van der Waals surface area (Å²) in [4.78, 5) is 8.27. The van der Waals surface area contributed by atoms with Gasteiger partial charge >= 0.3 is 0 Å². The molecule has 1 heterocycles. The molecule has 1 aliphatic rings. The first-order chi connectivity index (χ1) is 6.84. The zero-order valence-electron chi connectivity index (χ0n) is 8.61. The van der Waals surface area contributed by atoms with Gasteiger partial charge in [-0.2, -0.15) is 0 Å². The van der Waals surface area contributed by atoms with Gasteiger partial charge in [-0.3, -0.25) is 4.98 Å². The molecule has 1 aromatic rings. The second-order valence-electron chi connectivity index (χ2n) is 4.20. The molecule has 2 unspecified atom stereocenters. The maximum atomic E-state index is 4.22. The van der Waals surface area contributed by atoms with Crippen molar-refractivity contribution in [2.24, 2.45) is 5.92 Å². The van der Waals surface area contributed by atoms with Gasteiger partial charge in [0.05, 0.1) is 6.20 Å². The predicted molar refractivity (Wildman–Crippen MR) is 57.1 cm³/mol. The first kappa shape index (κ1) is 9.44. The Labute approximate surface area is 85.0 Å². The van der Waals surface area contributed by atoms with Gasteiger partial charge in [0.25, 0.3) is 0 Å². The van der Waals surface area contributed by atoms with Crippen LogP contribution in [0.15, 0.2) is 18.6 Å². The zero-order chi connectivity index (χ0) is 9.80. The van der Waals surface area contributed by atoms with Gasteiger partial charge in [0, 0.05) is 18.4 Å². The minimum atomic E-state index is 0.593. The van der Waals surface area contributed by atoms with Crippen LogP contribution in [-0.4, -0.2) is 16.0 Å². The number of aromatic nitrogens is 2. The van der Waals surface area contributed by atoms with Gasteiger partial charge in [0.2, 0.25) is 0 Å². The fraction of sp³-hybridized carbons (Fsp3) is 0.636. The lowest BCUT2D eigenvalue weighted by Crippen LogP contribution is -2.26. The van der Waals surface area contributed by atoms with Crippen LogP contribution >= 0.6 is 0 Å². The van der Waals surface area contributed by atoms with Gasteiger partial charge in [-0.25, -0.2) is 4.98 Å². The third kappa shape index (κ3) is 2.44. The van der Waals surface area contributed by atoms with Crippen molar-refractivity contribution in [3.63, 3.8) is 0 Å². The Morgan fingerprint density at radius 3 is 3.00 bits per heavy atom. The summed E-state index contributed by atoms with van der Waals surface area (Å²) in [6.45, 7) is 2.32. The van der Waals surface area contributed by atoms with E-state index in [0.717, 1.165) is 11.7 Å². The van der Waals surface area contributed by atoms with Crippen molar-refractivity contribution < 1.29 is 0 Å². The van der Waals surface area contributed by atoms with E-state index in [0.29, 0.717) is 6.04 Å². The molecular formula is C11H17N3. The lowest BCUT2D eigenvalue weighted by Gasteiger charge is -2.27. The molecule has 2 rings (SSSR count). The largest absolute Gasteiger partial charge is 0.366 e. The molecule has 0 spiro atoms. The van der Waals surface area contributed by atoms with Gasteiger partial charge in [0.1, 0.15) is 5.82 Å². The topological polar surface area (TPSA) is 37.8 Å². The molecule has 0 aromatic carbocycles. The van der Waals surface area contributed by atoms with E-state index in [1.165, 1.54) is 25.7 Å². The van der Waals surface area contributed by atoms with Gasteiger partial charge < -0.3 is 5.32 Å². The van der Waals surface area contributed by atoms with Gasteiger partial charge in [-0.05, 0) is 18.8 Å². The normalized spacial score (nSPS) is 27.2. The highest BCUT2D eigenvalue weighted by Gasteiger charge is 2.18. The van der Waals surface area contributed by atoms with E-state index in [1.807, 2.05) is 0 Å². The van der Waals surface area contributed by atoms with E-state index in [2.05, 4.69) is 22.2 Å². The van der Waals surface area contributed by atoms with Crippen molar-refractivity contribution in [1.82, 2.24) is 9.97 Å². The summed E-state index contributed by atoms with van der Waals surface area (Å²) < 4.78 is 0. The van der Waals surface area contributed by atoms with Crippen molar-refractivity contribution in [1.29, 1.82) is 0 Å². The predicted octanol–water partition coefficient (Wildman–Crippen LogP) is 2.47. The minimum Gasteiger partial charge on any atom is -0.366 e. The first-order valence-corrected chi connectivity index (χ1v) is 5.37. The molecule has 0 aliphatic heterocycles. The summed E-state index contributed by atoms with van der Waals surface area (Å²) in [5.74, 6) is 1.75. The van der Waals surface area contributed by atoms with E-state index in [4.69, 9.17) is 0 Å². The van der Waals surface area contributed by atoms with Crippen molar-refractivity contribution in [3.8, 4) is 0 Å². The summed E-state index contributed by atoms with van der Waals surface area (Å²) in [6.07, 6.45) is 10.5. The molecule has 3 nitrogen and oxygen atoms in total. The van der Waals surface area contributed by atoms with E-state index in [9.17, 15) is 0 Å². The van der Waals surface area contributed by atoms with Crippen LogP contribution < -0.4 is 5.32 Å². The third-order valence-electron chi connectivity index (χ3n) is 2.85. The van der Waals surface area contributed by atoms with Crippen LogP contribution in [0.25, 0.3) is 0 Å². The average molecular weight is 191 g/mol. The maximum absolute atomic E-state index is 4.22. The van der Waals surface area contributed by atoms with E-state index < -0.39 is 0 Å². The van der Waals surface area contributed by atoms with E-state index in [-0.39, 0.29) is 0 Å². The quantitative estimate of drug-likeness (QED) is 0.780. The molecule has 1 saturated carbocycles. The molecule has 1 aliphatic carbocycles. The van der Waals surface area contributed by atoms with Crippen molar-refractivity contribution in [2.45, 2.75) is 38.6 Å². The molecule has 76 valence electrons. The lowest BCUT2D eigenvalue weighted by atomic mass is 9.87. The summed E-state index contributed by atoms with van der Waals surface area (Å²) in [5, 5.41) is 3.44. The Kier molecular flexibility index (Phi) is 2.96. The third-order valence-corrected chi connectivity index (χ3v) is 2.85. The molecule has 14 heavy (non-hydrogen) atoms. The van der Waals surface area contributed by atoms with Crippen LogP contribution in [0.3, 0.4) is 0 Å². The monoisotopic (exact) mass is 191 g/mol. The number of hydrogen-bond donors (Lipinski definition) is 1. The summed E-state index contributed by atoms with van der Waals surface area (Å²) in [6, 6.07) is 0.593. The van der Waals surface area contributed by atoms with Crippen molar-refractivity contribution in [2.75, 3.05) is 5.32 Å². The van der Waals surface area contributed by atoms with Gasteiger partial charge in [-0.1, -0.05) is 19.8 Å². The molecule has 1 aromatic heterocycles. The van der Waals surface area contributed by atoms with Crippen LogP contribution in [0.1, 0.15) is 32.6 Å². The van der Waals surface area contributed by atoms with Gasteiger partial charge in [-0.15, -0.1) is 0 Å². The van der Waals surface area contributed by atoms with Crippen LogP contribution in [0, 0.1) is 5.92 Å². The molecule has 2 atom stereocenters. The molecule has 3 heteroatoms. The highest BCUT2D eigenvalue weighted by atomic mass is 15.0. The maximum Gasteiger partial charge on any atom is 0.144 e. The molecule has 1 N–H and O–H groups in total. The fourth-order valence-electron chi connectivity index (χ4n) is 2.15. The molecule has 1 fully saturated rings. The van der Waals surface area contributed by atoms with Crippen LogP contribution in [0.5, 0.6) is 0 Å².